The van der Waals surface area contributed by atoms with Gasteiger partial charge >= 0.3 is 11.9 Å². The van der Waals surface area contributed by atoms with Crippen LogP contribution in [0.3, 0.4) is 0 Å². The highest BCUT2D eigenvalue weighted by molar-refractivity contribution is 5.96. The number of ether oxygens (including phenoxy) is 1. The Balaban J connectivity index is 1.95. The molecule has 2 aromatic rings. The zero-order chi connectivity index (χ0) is 17.5. The lowest BCUT2D eigenvalue weighted by Gasteiger charge is -2.14. The molecule has 7 heteroatoms. The highest BCUT2D eigenvalue weighted by Gasteiger charge is 2.24. The van der Waals surface area contributed by atoms with Gasteiger partial charge in [0.1, 0.15) is 12.4 Å². The van der Waals surface area contributed by atoms with Crippen molar-refractivity contribution in [2.45, 2.75) is 6.10 Å². The number of hydrogen-bond donors (Lipinski definition) is 2. The summed E-state index contributed by atoms with van der Waals surface area (Å²) in [5.41, 5.74) is 0.477. The summed E-state index contributed by atoms with van der Waals surface area (Å²) >= 11 is 0. The molecule has 0 spiro atoms. The van der Waals surface area contributed by atoms with Crippen LogP contribution in [0.15, 0.2) is 54.6 Å². The van der Waals surface area contributed by atoms with Crippen molar-refractivity contribution in [1.82, 2.24) is 5.32 Å². The van der Waals surface area contributed by atoms with Gasteiger partial charge in [-0.05, 0) is 24.3 Å². The summed E-state index contributed by atoms with van der Waals surface area (Å²) in [6.07, 6.45) is -1.58. The van der Waals surface area contributed by atoms with Crippen LogP contribution in [0.2, 0.25) is 0 Å². The Morgan fingerprint density at radius 3 is 2.25 bits per heavy atom. The molecular weight excluding hydrogens is 317 g/mol. The number of rotatable bonds is 6. The number of halogens is 1. The van der Waals surface area contributed by atoms with Crippen LogP contribution in [0.1, 0.15) is 22.0 Å². The van der Waals surface area contributed by atoms with Gasteiger partial charge in [0.25, 0.3) is 5.91 Å². The van der Waals surface area contributed by atoms with Gasteiger partial charge in [-0.25, -0.2) is 9.18 Å². The second kappa shape index (κ2) is 7.87. The van der Waals surface area contributed by atoms with Crippen molar-refractivity contribution >= 4 is 17.8 Å². The number of hydrogen-bond acceptors (Lipinski definition) is 4. The first-order valence-electron chi connectivity index (χ1n) is 6.98. The Morgan fingerprint density at radius 2 is 1.67 bits per heavy atom. The fourth-order valence-corrected chi connectivity index (χ4v) is 1.92. The number of carboxylic acid groups (broad SMARTS) is 1. The largest absolute Gasteiger partial charge is 0.478 e. The molecule has 1 unspecified atom stereocenters. The highest BCUT2D eigenvalue weighted by atomic mass is 19.1. The van der Waals surface area contributed by atoms with E-state index in [1.165, 1.54) is 12.1 Å². The van der Waals surface area contributed by atoms with Gasteiger partial charge < -0.3 is 15.2 Å². The number of carboxylic acids is 1. The van der Waals surface area contributed by atoms with Crippen LogP contribution in [0.25, 0.3) is 0 Å². The van der Waals surface area contributed by atoms with Crippen LogP contribution in [-0.2, 0) is 14.3 Å². The van der Waals surface area contributed by atoms with E-state index >= 15 is 0 Å². The quantitative estimate of drug-likeness (QED) is 0.789. The molecule has 1 atom stereocenters. The number of carbonyl (C=O) groups is 3. The van der Waals surface area contributed by atoms with Gasteiger partial charge in [-0.1, -0.05) is 30.3 Å². The fourth-order valence-electron chi connectivity index (χ4n) is 1.92. The molecule has 24 heavy (non-hydrogen) atoms. The number of amides is 1. The lowest BCUT2D eigenvalue weighted by Crippen LogP contribution is -2.32. The number of esters is 1. The molecule has 0 saturated carbocycles. The van der Waals surface area contributed by atoms with E-state index in [0.29, 0.717) is 5.56 Å². The van der Waals surface area contributed by atoms with Crippen molar-refractivity contribution in [3.63, 3.8) is 0 Å². The Labute approximate surface area is 136 Å². The SMILES string of the molecule is O=C(CNC(=O)c1ccccc1)OC(C(=O)O)c1ccc(F)cc1. The van der Waals surface area contributed by atoms with Gasteiger partial charge in [-0.15, -0.1) is 0 Å². The normalized spacial score (nSPS) is 11.4. The molecule has 0 saturated heterocycles. The molecule has 0 aliphatic carbocycles. The van der Waals surface area contributed by atoms with Crippen LogP contribution in [0.4, 0.5) is 4.39 Å². The van der Waals surface area contributed by atoms with Crippen LogP contribution in [0.5, 0.6) is 0 Å². The maximum Gasteiger partial charge on any atom is 0.349 e. The first-order valence-corrected chi connectivity index (χ1v) is 6.98. The Kier molecular flexibility index (Phi) is 5.62. The Morgan fingerprint density at radius 1 is 1.04 bits per heavy atom. The first-order chi connectivity index (χ1) is 11.5. The van der Waals surface area contributed by atoms with Crippen molar-refractivity contribution in [1.29, 1.82) is 0 Å². The van der Waals surface area contributed by atoms with E-state index < -0.39 is 36.3 Å². The maximum atomic E-state index is 12.9. The number of nitrogens with one attached hydrogen (secondary N) is 1. The van der Waals surface area contributed by atoms with Crippen molar-refractivity contribution in [3.8, 4) is 0 Å². The molecule has 124 valence electrons. The molecular formula is C17H14FNO5. The molecule has 0 fully saturated rings. The lowest BCUT2D eigenvalue weighted by molar-refractivity contribution is -0.163. The Bertz CT molecular complexity index is 730. The van der Waals surface area contributed by atoms with Gasteiger partial charge in [0, 0.05) is 11.1 Å². The summed E-state index contributed by atoms with van der Waals surface area (Å²) < 4.78 is 17.7. The molecule has 0 heterocycles. The molecule has 2 rings (SSSR count). The van der Waals surface area contributed by atoms with E-state index in [1.807, 2.05) is 0 Å². The zero-order valence-corrected chi connectivity index (χ0v) is 12.4. The van der Waals surface area contributed by atoms with E-state index in [-0.39, 0.29) is 5.56 Å². The van der Waals surface area contributed by atoms with E-state index in [9.17, 15) is 18.8 Å². The molecule has 0 aliphatic heterocycles. The molecule has 0 bridgehead atoms. The molecule has 2 N–H and O–H groups in total. The third kappa shape index (κ3) is 4.64. The predicted molar refractivity (Wildman–Crippen MR) is 81.6 cm³/mol. The minimum atomic E-state index is -1.58. The zero-order valence-electron chi connectivity index (χ0n) is 12.4. The molecule has 0 aliphatic rings. The third-order valence-corrected chi connectivity index (χ3v) is 3.08. The van der Waals surface area contributed by atoms with Crippen molar-refractivity contribution in [2.75, 3.05) is 6.54 Å². The van der Waals surface area contributed by atoms with Gasteiger partial charge in [0.15, 0.2) is 0 Å². The second-order valence-corrected chi connectivity index (χ2v) is 4.81. The molecule has 1 amide bonds. The van der Waals surface area contributed by atoms with Crippen LogP contribution in [-0.4, -0.2) is 29.5 Å². The lowest BCUT2D eigenvalue weighted by atomic mass is 10.1. The number of carbonyl (C=O) groups excluding carboxylic acids is 2. The van der Waals surface area contributed by atoms with Crippen LogP contribution < -0.4 is 5.32 Å². The topological polar surface area (TPSA) is 92.7 Å². The fraction of sp³-hybridized carbons (Fsp3) is 0.118. The third-order valence-electron chi connectivity index (χ3n) is 3.08. The summed E-state index contributed by atoms with van der Waals surface area (Å²) in [6, 6.07) is 12.8. The minimum Gasteiger partial charge on any atom is -0.478 e. The monoisotopic (exact) mass is 331 g/mol. The molecule has 0 aromatic heterocycles. The number of benzene rings is 2. The van der Waals surface area contributed by atoms with Crippen LogP contribution >= 0.6 is 0 Å². The van der Waals surface area contributed by atoms with E-state index in [0.717, 1.165) is 12.1 Å². The standard InChI is InChI=1S/C17H14FNO5/c18-13-8-6-11(7-9-13)15(17(22)23)24-14(20)10-19-16(21)12-4-2-1-3-5-12/h1-9,15H,10H2,(H,19,21)(H,22,23). The van der Waals surface area contributed by atoms with Crippen molar-refractivity contribution < 1.29 is 28.6 Å². The summed E-state index contributed by atoms with van der Waals surface area (Å²) in [6.45, 7) is -0.487. The number of aliphatic carboxylic acids is 1. The summed E-state index contributed by atoms with van der Waals surface area (Å²) in [5, 5.41) is 11.5. The first kappa shape index (κ1) is 17.1. The van der Waals surface area contributed by atoms with E-state index in [2.05, 4.69) is 5.32 Å². The average molecular weight is 331 g/mol. The van der Waals surface area contributed by atoms with Gasteiger partial charge in [0.2, 0.25) is 6.10 Å². The minimum absolute atomic E-state index is 0.117. The maximum absolute atomic E-state index is 12.9. The summed E-state index contributed by atoms with van der Waals surface area (Å²) in [7, 11) is 0. The van der Waals surface area contributed by atoms with Gasteiger partial charge in [-0.2, -0.15) is 0 Å². The molecule has 2 aromatic carbocycles. The molecule has 0 radical (unpaired) electrons. The van der Waals surface area contributed by atoms with Crippen molar-refractivity contribution in [3.05, 3.63) is 71.5 Å². The molecule has 6 nitrogen and oxygen atoms in total. The van der Waals surface area contributed by atoms with Crippen molar-refractivity contribution in [2.24, 2.45) is 0 Å². The van der Waals surface area contributed by atoms with E-state index in [4.69, 9.17) is 9.84 Å². The highest BCUT2D eigenvalue weighted by Crippen LogP contribution is 2.18. The van der Waals surface area contributed by atoms with Gasteiger partial charge in [0.05, 0.1) is 0 Å². The average Bonchev–Trinajstić information content (AvgIpc) is 2.59. The van der Waals surface area contributed by atoms with Gasteiger partial charge in [-0.3, -0.25) is 9.59 Å². The second-order valence-electron chi connectivity index (χ2n) is 4.81. The Hall–Kier alpha value is -3.22. The summed E-state index contributed by atoms with van der Waals surface area (Å²) in [4.78, 5) is 34.8. The van der Waals surface area contributed by atoms with E-state index in [1.54, 1.807) is 30.3 Å². The predicted octanol–water partition coefficient (Wildman–Crippen LogP) is 1.92. The smallest absolute Gasteiger partial charge is 0.349 e. The van der Waals surface area contributed by atoms with Crippen LogP contribution in [0, 0.1) is 5.82 Å². The summed E-state index contributed by atoms with van der Waals surface area (Å²) in [5.74, 6) is -3.34.